The lowest BCUT2D eigenvalue weighted by Gasteiger charge is -2.21. The highest BCUT2D eigenvalue weighted by molar-refractivity contribution is 7.21. The lowest BCUT2D eigenvalue weighted by molar-refractivity contribution is 0.0968. The minimum Gasteiger partial charge on any atom is -0.496 e. The van der Waals surface area contributed by atoms with Crippen LogP contribution in [0.5, 0.6) is 5.75 Å². The molecule has 0 aliphatic rings. The normalized spacial score (nSPS) is 11.2. The minimum atomic E-state index is -0.693. The quantitative estimate of drug-likeness (QED) is 0.279. The van der Waals surface area contributed by atoms with Crippen molar-refractivity contribution >= 4 is 38.7 Å². The highest BCUT2D eigenvalue weighted by atomic mass is 32.1. The van der Waals surface area contributed by atoms with Gasteiger partial charge in [-0.05, 0) is 36.6 Å². The zero-order valence-electron chi connectivity index (χ0n) is 20.0. The minimum absolute atomic E-state index is 0.00511. The summed E-state index contributed by atoms with van der Waals surface area (Å²) in [5.74, 6) is -0.973. The van der Waals surface area contributed by atoms with Gasteiger partial charge in [-0.15, -0.1) is 16.1 Å². The molecule has 0 aliphatic heterocycles. The molecule has 0 bridgehead atoms. The van der Waals surface area contributed by atoms with E-state index in [0.29, 0.717) is 21.9 Å². The van der Waals surface area contributed by atoms with Crippen LogP contribution in [0.3, 0.4) is 0 Å². The summed E-state index contributed by atoms with van der Waals surface area (Å²) in [5.41, 5.74) is -0.641. The summed E-state index contributed by atoms with van der Waals surface area (Å²) in [6, 6.07) is 7.40. The summed E-state index contributed by atoms with van der Waals surface area (Å²) in [6.45, 7) is 1.61. The summed E-state index contributed by atoms with van der Waals surface area (Å²) in [6.07, 6.45) is 3.01. The summed E-state index contributed by atoms with van der Waals surface area (Å²) >= 11 is 2.62. The van der Waals surface area contributed by atoms with Gasteiger partial charge in [-0.1, -0.05) is 17.4 Å². The average molecular weight is 541 g/mol. The maximum atomic E-state index is 14.0. The first-order chi connectivity index (χ1) is 17.8. The molecule has 0 N–H and O–H groups in total. The molecule has 10 nitrogen and oxygen atoms in total. The van der Waals surface area contributed by atoms with Gasteiger partial charge in [0.2, 0.25) is 0 Å². The number of thiophene rings is 2. The van der Waals surface area contributed by atoms with E-state index in [1.165, 1.54) is 57.3 Å². The van der Waals surface area contributed by atoms with E-state index >= 15 is 0 Å². The third-order valence-corrected chi connectivity index (χ3v) is 7.98. The van der Waals surface area contributed by atoms with E-state index in [1.807, 2.05) is 17.5 Å². The second-order valence-electron chi connectivity index (χ2n) is 8.18. The van der Waals surface area contributed by atoms with Crippen molar-refractivity contribution in [2.45, 2.75) is 20.0 Å². The van der Waals surface area contributed by atoms with Gasteiger partial charge in [0.05, 0.1) is 43.5 Å². The van der Waals surface area contributed by atoms with E-state index in [2.05, 4.69) is 10.2 Å². The molecule has 1 aromatic carbocycles. The third-order valence-electron chi connectivity index (χ3n) is 5.84. The Bertz CT molecular complexity index is 1720. The highest BCUT2D eigenvalue weighted by Gasteiger charge is 2.25. The van der Waals surface area contributed by atoms with Gasteiger partial charge in [-0.2, -0.15) is 14.9 Å². The number of Topliss-reactive ketones (excluding diaryl/α,β-unsaturated/α-hetero) is 1. The van der Waals surface area contributed by atoms with E-state index in [1.54, 1.807) is 14.0 Å². The van der Waals surface area contributed by atoms with E-state index in [-0.39, 0.29) is 16.7 Å². The molecule has 0 fully saturated rings. The Kier molecular flexibility index (Phi) is 6.48. The van der Waals surface area contributed by atoms with Crippen LogP contribution in [-0.2, 0) is 13.1 Å². The summed E-state index contributed by atoms with van der Waals surface area (Å²) in [4.78, 5) is 43.4. The largest absolute Gasteiger partial charge is 0.496 e. The maximum Gasteiger partial charge on any atom is 0.351 e. The van der Waals surface area contributed by atoms with E-state index in [9.17, 15) is 18.8 Å². The van der Waals surface area contributed by atoms with Crippen LogP contribution in [0, 0.1) is 12.7 Å². The SMILES string of the molecule is COc1ccc(F)cc1C(=O)Cn1c(=O)n(N(C)Cc2cccs2)c(=O)c2c(C)c(-n3nccn3)sc21. The predicted molar refractivity (Wildman–Crippen MR) is 139 cm³/mol. The van der Waals surface area contributed by atoms with Crippen LogP contribution in [-0.4, -0.2) is 44.2 Å². The molecule has 5 aromatic rings. The number of methoxy groups -OCH3 is 1. The second-order valence-corrected chi connectivity index (χ2v) is 10.2. The molecule has 37 heavy (non-hydrogen) atoms. The number of ketones is 1. The zero-order chi connectivity index (χ0) is 26.3. The number of hydrogen-bond acceptors (Lipinski definition) is 9. The predicted octanol–water partition coefficient (Wildman–Crippen LogP) is 2.97. The molecule has 0 amide bonds. The van der Waals surface area contributed by atoms with Gasteiger partial charge in [-0.3, -0.25) is 14.2 Å². The average Bonchev–Trinajstić information content (AvgIpc) is 3.63. The second kappa shape index (κ2) is 9.75. The van der Waals surface area contributed by atoms with Gasteiger partial charge in [0.15, 0.2) is 5.78 Å². The molecule has 190 valence electrons. The number of hydrogen-bond donors (Lipinski definition) is 0. The Balaban J connectivity index is 1.72. The van der Waals surface area contributed by atoms with Crippen LogP contribution in [0.1, 0.15) is 20.8 Å². The zero-order valence-corrected chi connectivity index (χ0v) is 21.7. The Morgan fingerprint density at radius 1 is 1.19 bits per heavy atom. The Morgan fingerprint density at radius 3 is 2.62 bits per heavy atom. The van der Waals surface area contributed by atoms with E-state index in [4.69, 9.17) is 4.74 Å². The number of nitrogens with zero attached hydrogens (tertiary/aromatic N) is 6. The molecule has 0 unspecified atom stereocenters. The van der Waals surface area contributed by atoms with Crippen molar-refractivity contribution in [3.63, 3.8) is 0 Å². The first-order valence-corrected chi connectivity index (χ1v) is 12.8. The van der Waals surface area contributed by atoms with Crippen molar-refractivity contribution in [2.24, 2.45) is 0 Å². The summed E-state index contributed by atoms with van der Waals surface area (Å²) in [7, 11) is 3.01. The fourth-order valence-corrected chi connectivity index (χ4v) is 6.06. The number of aryl methyl sites for hydroxylation is 1. The van der Waals surface area contributed by atoms with Crippen LogP contribution in [0.15, 0.2) is 57.7 Å². The monoisotopic (exact) mass is 540 g/mol. The molecule has 0 atom stereocenters. The number of fused-ring (bicyclic) bond motifs is 1. The molecule has 0 saturated heterocycles. The molecule has 5 rings (SSSR count). The van der Waals surface area contributed by atoms with Gasteiger partial charge >= 0.3 is 5.69 Å². The Hall–Kier alpha value is -4.10. The van der Waals surface area contributed by atoms with Crippen LogP contribution in [0.25, 0.3) is 15.2 Å². The topological polar surface area (TPSA) is 104 Å². The fourth-order valence-electron chi connectivity index (χ4n) is 4.10. The number of ether oxygens (including phenoxy) is 1. The van der Waals surface area contributed by atoms with Crippen LogP contribution in [0.4, 0.5) is 4.39 Å². The van der Waals surface area contributed by atoms with Gasteiger partial charge in [0, 0.05) is 17.5 Å². The lowest BCUT2D eigenvalue weighted by Crippen LogP contribution is -2.50. The number of carbonyl (C=O) groups is 1. The van der Waals surface area contributed by atoms with Crippen LogP contribution in [0.2, 0.25) is 0 Å². The molecule has 13 heteroatoms. The first-order valence-electron chi connectivity index (χ1n) is 11.1. The molecule has 0 radical (unpaired) electrons. The van der Waals surface area contributed by atoms with Crippen LogP contribution >= 0.6 is 22.7 Å². The molecule has 0 spiro atoms. The highest BCUT2D eigenvalue weighted by Crippen LogP contribution is 2.30. The van der Waals surface area contributed by atoms with Gasteiger partial charge in [0.1, 0.15) is 21.4 Å². The molecule has 0 aliphatic carbocycles. The van der Waals surface area contributed by atoms with E-state index in [0.717, 1.165) is 27.0 Å². The lowest BCUT2D eigenvalue weighted by atomic mass is 10.1. The maximum absolute atomic E-state index is 14.0. The van der Waals surface area contributed by atoms with Crippen LogP contribution < -0.4 is 21.0 Å². The summed E-state index contributed by atoms with van der Waals surface area (Å²) < 4.78 is 21.5. The van der Waals surface area contributed by atoms with Crippen molar-refractivity contribution in [3.05, 3.63) is 90.8 Å². The Morgan fingerprint density at radius 2 is 1.95 bits per heavy atom. The van der Waals surface area contributed by atoms with E-state index < -0.39 is 29.4 Å². The standard InChI is InChI=1S/C24H21FN6O4S2/c1-14-20-21(33)30(28(2)12-16-5-4-10-36-16)24(34)29(23(20)37-22(14)31-26-8-9-27-31)13-18(32)17-11-15(25)6-7-19(17)35-3/h4-11H,12-13H2,1-3H3. The van der Waals surface area contributed by atoms with Crippen molar-refractivity contribution in [2.75, 3.05) is 19.2 Å². The van der Waals surface area contributed by atoms with Crippen molar-refractivity contribution in [1.29, 1.82) is 0 Å². The van der Waals surface area contributed by atoms with Crippen molar-refractivity contribution in [1.82, 2.24) is 24.2 Å². The number of halogens is 1. The Labute approximate surface area is 217 Å². The molecular weight excluding hydrogens is 519 g/mol. The van der Waals surface area contributed by atoms with Gasteiger partial charge < -0.3 is 9.75 Å². The summed E-state index contributed by atoms with van der Waals surface area (Å²) in [5, 5.41) is 12.6. The van der Waals surface area contributed by atoms with Gasteiger partial charge in [0.25, 0.3) is 5.56 Å². The number of rotatable bonds is 8. The number of benzene rings is 1. The molecular formula is C24H21FN6O4S2. The molecule has 4 heterocycles. The van der Waals surface area contributed by atoms with Gasteiger partial charge in [-0.25, -0.2) is 9.18 Å². The van der Waals surface area contributed by atoms with Crippen molar-refractivity contribution in [3.8, 4) is 10.8 Å². The fraction of sp³-hybridized carbons (Fsp3) is 0.208. The van der Waals surface area contributed by atoms with Crippen molar-refractivity contribution < 1.29 is 13.9 Å². The first kappa shape index (κ1) is 24.6. The number of carbonyl (C=O) groups excluding carboxylic acids is 1. The third kappa shape index (κ3) is 4.36. The smallest absolute Gasteiger partial charge is 0.351 e. The number of aromatic nitrogens is 5. The molecule has 4 aromatic heterocycles. The molecule has 0 saturated carbocycles.